The molecule has 0 aliphatic carbocycles. The summed E-state index contributed by atoms with van der Waals surface area (Å²) in [6.45, 7) is 6.06. The van der Waals surface area contributed by atoms with Crippen LogP contribution in [-0.4, -0.2) is 34.7 Å². The van der Waals surface area contributed by atoms with Crippen LogP contribution in [0.3, 0.4) is 0 Å². The highest BCUT2D eigenvalue weighted by Crippen LogP contribution is 2.27. The SMILES string of the molecule is CCC(C)N(CC)S(=O)(=O)c1c(Cl)nc2ccccn12. The zero-order valence-corrected chi connectivity index (χ0v) is 13.3. The van der Waals surface area contributed by atoms with Crippen molar-refractivity contribution in [3.05, 3.63) is 29.5 Å². The predicted molar refractivity (Wildman–Crippen MR) is 79.5 cm³/mol. The third-order valence-corrected chi connectivity index (χ3v) is 5.88. The monoisotopic (exact) mass is 315 g/mol. The minimum atomic E-state index is -3.67. The van der Waals surface area contributed by atoms with Gasteiger partial charge in [-0.1, -0.05) is 31.5 Å². The number of nitrogens with zero attached hydrogens (tertiary/aromatic N) is 3. The summed E-state index contributed by atoms with van der Waals surface area (Å²) < 4.78 is 28.7. The van der Waals surface area contributed by atoms with E-state index in [1.807, 2.05) is 20.8 Å². The summed E-state index contributed by atoms with van der Waals surface area (Å²) in [5.41, 5.74) is 0.524. The van der Waals surface area contributed by atoms with Crippen molar-refractivity contribution in [2.45, 2.75) is 38.3 Å². The first-order chi connectivity index (χ1) is 9.43. The molecule has 2 aromatic heterocycles. The number of pyridine rings is 1. The van der Waals surface area contributed by atoms with Gasteiger partial charge in [-0.2, -0.15) is 4.31 Å². The van der Waals surface area contributed by atoms with Gasteiger partial charge in [0.2, 0.25) is 0 Å². The van der Waals surface area contributed by atoms with Crippen LogP contribution in [0.1, 0.15) is 27.2 Å². The number of sulfonamides is 1. The molecule has 2 heterocycles. The van der Waals surface area contributed by atoms with Crippen LogP contribution in [0.25, 0.3) is 5.65 Å². The summed E-state index contributed by atoms with van der Waals surface area (Å²) in [4.78, 5) is 4.10. The topological polar surface area (TPSA) is 54.7 Å². The van der Waals surface area contributed by atoms with E-state index in [-0.39, 0.29) is 16.2 Å². The molecule has 0 bridgehead atoms. The van der Waals surface area contributed by atoms with Crippen LogP contribution in [0.5, 0.6) is 0 Å². The largest absolute Gasteiger partial charge is 0.288 e. The first-order valence-corrected chi connectivity index (χ1v) is 8.39. The molecule has 1 atom stereocenters. The first-order valence-electron chi connectivity index (χ1n) is 6.57. The summed E-state index contributed by atoms with van der Waals surface area (Å²) in [5.74, 6) is 0. The predicted octanol–water partition coefficient (Wildman–Crippen LogP) is 2.80. The Labute approximate surface area is 124 Å². The molecule has 0 spiro atoms. The van der Waals surface area contributed by atoms with Crippen LogP contribution in [0, 0.1) is 0 Å². The average Bonchev–Trinajstić information content (AvgIpc) is 2.75. The highest BCUT2D eigenvalue weighted by Gasteiger charge is 2.32. The van der Waals surface area contributed by atoms with Crippen LogP contribution in [-0.2, 0) is 10.0 Å². The third-order valence-electron chi connectivity index (χ3n) is 3.39. The molecule has 0 aromatic carbocycles. The Bertz CT molecular complexity index is 711. The number of hydrogen-bond acceptors (Lipinski definition) is 3. The van der Waals surface area contributed by atoms with Crippen LogP contribution in [0.2, 0.25) is 5.15 Å². The smallest absolute Gasteiger partial charge is 0.262 e. The lowest BCUT2D eigenvalue weighted by atomic mass is 10.3. The van der Waals surface area contributed by atoms with E-state index in [0.29, 0.717) is 12.2 Å². The molecule has 0 N–H and O–H groups in total. The van der Waals surface area contributed by atoms with Gasteiger partial charge in [-0.25, -0.2) is 13.4 Å². The standard InChI is InChI=1S/C13H18ClN3O2S/c1-4-10(3)17(5-2)20(18,19)13-12(14)15-11-8-6-7-9-16(11)13/h6-10H,4-5H2,1-3H3. The quantitative estimate of drug-likeness (QED) is 0.852. The zero-order valence-electron chi connectivity index (χ0n) is 11.7. The fourth-order valence-corrected chi connectivity index (χ4v) is 4.53. The van der Waals surface area contributed by atoms with Gasteiger partial charge in [-0.05, 0) is 25.5 Å². The summed E-state index contributed by atoms with van der Waals surface area (Å²) in [6.07, 6.45) is 2.40. The molecule has 0 saturated heterocycles. The fourth-order valence-electron chi connectivity index (χ4n) is 2.21. The second kappa shape index (κ2) is 5.71. The van der Waals surface area contributed by atoms with Crippen LogP contribution in [0.15, 0.2) is 29.4 Å². The van der Waals surface area contributed by atoms with E-state index in [2.05, 4.69) is 4.98 Å². The zero-order chi connectivity index (χ0) is 14.9. The van der Waals surface area contributed by atoms with Gasteiger partial charge >= 0.3 is 0 Å². The lowest BCUT2D eigenvalue weighted by molar-refractivity contribution is 0.341. The Morgan fingerprint density at radius 1 is 1.40 bits per heavy atom. The van der Waals surface area contributed by atoms with E-state index >= 15 is 0 Å². The molecule has 5 nitrogen and oxygen atoms in total. The van der Waals surface area contributed by atoms with Crippen molar-refractivity contribution in [1.29, 1.82) is 0 Å². The molecule has 2 aromatic rings. The fraction of sp³-hybridized carbons (Fsp3) is 0.462. The molecule has 0 amide bonds. The van der Waals surface area contributed by atoms with E-state index in [4.69, 9.17) is 11.6 Å². The second-order valence-corrected chi connectivity index (χ2v) is 6.77. The molecule has 0 aliphatic rings. The molecule has 7 heteroatoms. The molecule has 0 aliphatic heterocycles. The summed E-state index contributed by atoms with van der Waals surface area (Å²) in [5, 5.41) is 0.0508. The van der Waals surface area contributed by atoms with Crippen LogP contribution in [0.4, 0.5) is 0 Å². The number of fused-ring (bicyclic) bond motifs is 1. The van der Waals surface area contributed by atoms with Crippen LogP contribution < -0.4 is 0 Å². The second-order valence-electron chi connectivity index (χ2n) is 4.60. The lowest BCUT2D eigenvalue weighted by Crippen LogP contribution is -2.38. The van der Waals surface area contributed by atoms with E-state index in [0.717, 1.165) is 6.42 Å². The number of halogens is 1. The van der Waals surface area contributed by atoms with Gasteiger partial charge in [0.05, 0.1) is 0 Å². The summed E-state index contributed by atoms with van der Waals surface area (Å²) >= 11 is 6.06. The maximum absolute atomic E-state index is 12.8. The van der Waals surface area contributed by atoms with E-state index in [1.54, 1.807) is 24.4 Å². The minimum Gasteiger partial charge on any atom is -0.288 e. The molecule has 110 valence electrons. The van der Waals surface area contributed by atoms with Crippen molar-refractivity contribution in [1.82, 2.24) is 13.7 Å². The Morgan fingerprint density at radius 2 is 2.10 bits per heavy atom. The molecule has 2 rings (SSSR count). The van der Waals surface area contributed by atoms with Gasteiger partial charge in [0.15, 0.2) is 10.2 Å². The number of imidazole rings is 1. The van der Waals surface area contributed by atoms with Crippen molar-refractivity contribution in [2.24, 2.45) is 0 Å². The highest BCUT2D eigenvalue weighted by molar-refractivity contribution is 7.89. The van der Waals surface area contributed by atoms with Crippen molar-refractivity contribution >= 4 is 27.3 Å². The van der Waals surface area contributed by atoms with Crippen LogP contribution >= 0.6 is 11.6 Å². The van der Waals surface area contributed by atoms with E-state index in [1.165, 1.54) is 8.71 Å². The molecule has 1 unspecified atom stereocenters. The normalized spacial score (nSPS) is 14.1. The molecular weight excluding hydrogens is 298 g/mol. The molecule has 0 radical (unpaired) electrons. The van der Waals surface area contributed by atoms with Gasteiger partial charge in [0, 0.05) is 18.8 Å². The number of aromatic nitrogens is 2. The van der Waals surface area contributed by atoms with Gasteiger partial charge in [0.25, 0.3) is 10.0 Å². The van der Waals surface area contributed by atoms with E-state index < -0.39 is 10.0 Å². The van der Waals surface area contributed by atoms with Gasteiger partial charge < -0.3 is 0 Å². The molecule has 0 saturated carbocycles. The van der Waals surface area contributed by atoms with Gasteiger partial charge in [0.1, 0.15) is 5.65 Å². The number of hydrogen-bond donors (Lipinski definition) is 0. The molecule has 0 fully saturated rings. The third kappa shape index (κ3) is 2.43. The summed E-state index contributed by atoms with van der Waals surface area (Å²) in [6, 6.07) is 5.19. The maximum atomic E-state index is 12.8. The van der Waals surface area contributed by atoms with Crippen molar-refractivity contribution < 1.29 is 8.42 Å². The van der Waals surface area contributed by atoms with Crippen molar-refractivity contribution in [2.75, 3.05) is 6.54 Å². The van der Waals surface area contributed by atoms with Gasteiger partial charge in [-0.3, -0.25) is 4.40 Å². The Balaban J connectivity index is 2.65. The molecular formula is C13H18ClN3O2S. The minimum absolute atomic E-state index is 0.0120. The average molecular weight is 316 g/mol. The van der Waals surface area contributed by atoms with Gasteiger partial charge in [-0.15, -0.1) is 0 Å². The molecule has 20 heavy (non-hydrogen) atoms. The van der Waals surface area contributed by atoms with Crippen molar-refractivity contribution in [3.8, 4) is 0 Å². The van der Waals surface area contributed by atoms with E-state index in [9.17, 15) is 8.42 Å². The number of rotatable bonds is 5. The lowest BCUT2D eigenvalue weighted by Gasteiger charge is -2.25. The maximum Gasteiger partial charge on any atom is 0.262 e. The highest BCUT2D eigenvalue weighted by atomic mass is 35.5. The first kappa shape index (κ1) is 15.3. The summed E-state index contributed by atoms with van der Waals surface area (Å²) in [7, 11) is -3.67. The Kier molecular flexibility index (Phi) is 4.36. The van der Waals surface area contributed by atoms with Crippen molar-refractivity contribution in [3.63, 3.8) is 0 Å². The Morgan fingerprint density at radius 3 is 2.70 bits per heavy atom. The Hall–Kier alpha value is -1.11.